The summed E-state index contributed by atoms with van der Waals surface area (Å²) in [6, 6.07) is 11.2. The molecule has 0 saturated carbocycles. The third-order valence-electron chi connectivity index (χ3n) is 4.82. The summed E-state index contributed by atoms with van der Waals surface area (Å²) >= 11 is 0. The molecule has 0 unspecified atom stereocenters. The van der Waals surface area contributed by atoms with E-state index >= 15 is 0 Å². The number of hydrogen-bond donors (Lipinski definition) is 2. The molecule has 0 atom stereocenters. The number of carbonyl (C=O) groups excluding carboxylic acids is 2. The molecule has 134 valence electrons. The second-order valence-electron chi connectivity index (χ2n) is 6.47. The van der Waals surface area contributed by atoms with Gasteiger partial charge in [0.15, 0.2) is 0 Å². The van der Waals surface area contributed by atoms with Crippen LogP contribution < -0.4 is 15.5 Å². The lowest BCUT2D eigenvalue weighted by atomic mass is 10.00. The van der Waals surface area contributed by atoms with Gasteiger partial charge in [-0.05, 0) is 42.3 Å². The van der Waals surface area contributed by atoms with E-state index in [-0.39, 0.29) is 11.9 Å². The summed E-state index contributed by atoms with van der Waals surface area (Å²) in [5, 5.41) is 5.78. The van der Waals surface area contributed by atoms with Crippen LogP contribution in [0.3, 0.4) is 0 Å². The maximum atomic E-state index is 12.5. The lowest BCUT2D eigenvalue weighted by Crippen LogP contribution is -2.50. The quantitative estimate of drug-likeness (QED) is 0.864. The number of piperazine rings is 1. The SMILES string of the molecule is O=C1NCCc2cc(NC(=O)N3CCN(c4ccccn4)CC3)ccc21. The van der Waals surface area contributed by atoms with Crippen LogP contribution in [0, 0.1) is 0 Å². The largest absolute Gasteiger partial charge is 0.353 e. The molecule has 7 heteroatoms. The Labute approximate surface area is 152 Å². The zero-order valence-electron chi connectivity index (χ0n) is 14.4. The van der Waals surface area contributed by atoms with Gasteiger partial charge in [0.1, 0.15) is 5.82 Å². The van der Waals surface area contributed by atoms with Crippen LogP contribution in [-0.2, 0) is 6.42 Å². The minimum atomic E-state index is -0.106. The maximum absolute atomic E-state index is 12.5. The topological polar surface area (TPSA) is 77.6 Å². The molecule has 3 heterocycles. The Morgan fingerprint density at radius 2 is 1.96 bits per heavy atom. The molecule has 1 fully saturated rings. The van der Waals surface area contributed by atoms with E-state index in [1.165, 1.54) is 0 Å². The fraction of sp³-hybridized carbons (Fsp3) is 0.316. The van der Waals surface area contributed by atoms with E-state index in [4.69, 9.17) is 0 Å². The van der Waals surface area contributed by atoms with Crippen LogP contribution in [0.2, 0.25) is 0 Å². The minimum Gasteiger partial charge on any atom is -0.353 e. The normalized spacial score (nSPS) is 16.7. The Hall–Kier alpha value is -3.09. The van der Waals surface area contributed by atoms with Crippen LogP contribution in [-0.4, -0.2) is 54.5 Å². The van der Waals surface area contributed by atoms with E-state index < -0.39 is 0 Å². The molecular weight excluding hydrogens is 330 g/mol. The summed E-state index contributed by atoms with van der Waals surface area (Å²) in [6.07, 6.45) is 2.57. The summed E-state index contributed by atoms with van der Waals surface area (Å²) in [7, 11) is 0. The molecule has 1 aromatic heterocycles. The summed E-state index contributed by atoms with van der Waals surface area (Å²) in [5.41, 5.74) is 2.40. The van der Waals surface area contributed by atoms with Crippen LogP contribution in [0.1, 0.15) is 15.9 Å². The van der Waals surface area contributed by atoms with E-state index in [9.17, 15) is 9.59 Å². The smallest absolute Gasteiger partial charge is 0.321 e. The third-order valence-corrected chi connectivity index (χ3v) is 4.82. The highest BCUT2D eigenvalue weighted by Gasteiger charge is 2.22. The van der Waals surface area contributed by atoms with Crippen molar-refractivity contribution < 1.29 is 9.59 Å². The predicted octanol–water partition coefficient (Wildman–Crippen LogP) is 1.72. The highest BCUT2D eigenvalue weighted by molar-refractivity contribution is 5.98. The van der Waals surface area contributed by atoms with Crippen molar-refractivity contribution in [3.8, 4) is 0 Å². The second-order valence-corrected chi connectivity index (χ2v) is 6.47. The molecule has 0 bridgehead atoms. The van der Waals surface area contributed by atoms with Crippen molar-refractivity contribution in [2.75, 3.05) is 42.9 Å². The summed E-state index contributed by atoms with van der Waals surface area (Å²) in [4.78, 5) is 32.7. The first-order chi connectivity index (χ1) is 12.7. The molecule has 26 heavy (non-hydrogen) atoms. The third kappa shape index (κ3) is 3.33. The van der Waals surface area contributed by atoms with Crippen LogP contribution in [0.4, 0.5) is 16.3 Å². The van der Waals surface area contributed by atoms with Gasteiger partial charge >= 0.3 is 6.03 Å². The number of pyridine rings is 1. The van der Waals surface area contributed by atoms with Gasteiger partial charge in [-0.25, -0.2) is 9.78 Å². The second kappa shape index (κ2) is 7.03. The van der Waals surface area contributed by atoms with Crippen molar-refractivity contribution in [1.82, 2.24) is 15.2 Å². The summed E-state index contributed by atoms with van der Waals surface area (Å²) in [6.45, 7) is 3.45. The zero-order valence-corrected chi connectivity index (χ0v) is 14.4. The van der Waals surface area contributed by atoms with Gasteiger partial charge in [0.25, 0.3) is 5.91 Å². The van der Waals surface area contributed by atoms with Crippen molar-refractivity contribution in [3.05, 3.63) is 53.7 Å². The van der Waals surface area contributed by atoms with Crippen molar-refractivity contribution in [2.24, 2.45) is 0 Å². The first kappa shape index (κ1) is 16.4. The molecule has 2 aliphatic rings. The Kier molecular flexibility index (Phi) is 4.43. The number of hydrogen-bond acceptors (Lipinski definition) is 4. The molecule has 0 radical (unpaired) electrons. The number of benzene rings is 1. The van der Waals surface area contributed by atoms with Gasteiger partial charge in [-0.15, -0.1) is 0 Å². The molecule has 2 aromatic rings. The summed E-state index contributed by atoms with van der Waals surface area (Å²) < 4.78 is 0. The molecule has 2 aliphatic heterocycles. The molecule has 0 spiro atoms. The van der Waals surface area contributed by atoms with Crippen molar-refractivity contribution in [1.29, 1.82) is 0 Å². The lowest BCUT2D eigenvalue weighted by Gasteiger charge is -2.35. The first-order valence-electron chi connectivity index (χ1n) is 8.84. The molecule has 7 nitrogen and oxygen atoms in total. The molecular formula is C19H21N5O2. The number of nitrogens with zero attached hydrogens (tertiary/aromatic N) is 3. The van der Waals surface area contributed by atoms with Gasteiger partial charge < -0.3 is 20.4 Å². The average molecular weight is 351 g/mol. The number of urea groups is 1. The Morgan fingerprint density at radius 3 is 2.73 bits per heavy atom. The van der Waals surface area contributed by atoms with Crippen LogP contribution >= 0.6 is 0 Å². The van der Waals surface area contributed by atoms with Crippen LogP contribution in [0.25, 0.3) is 0 Å². The number of fused-ring (bicyclic) bond motifs is 1. The number of rotatable bonds is 2. The van der Waals surface area contributed by atoms with E-state index in [2.05, 4.69) is 20.5 Å². The fourth-order valence-corrected chi connectivity index (χ4v) is 3.39. The van der Waals surface area contributed by atoms with Crippen LogP contribution in [0.15, 0.2) is 42.6 Å². The highest BCUT2D eigenvalue weighted by Crippen LogP contribution is 2.20. The number of anilines is 2. The van der Waals surface area contributed by atoms with Crippen molar-refractivity contribution >= 4 is 23.4 Å². The lowest BCUT2D eigenvalue weighted by molar-refractivity contribution is 0.0946. The zero-order chi connectivity index (χ0) is 17.9. The van der Waals surface area contributed by atoms with E-state index in [0.29, 0.717) is 25.2 Å². The molecule has 1 aromatic carbocycles. The Morgan fingerprint density at radius 1 is 1.12 bits per heavy atom. The number of carbonyl (C=O) groups is 2. The van der Waals surface area contributed by atoms with Crippen molar-refractivity contribution in [2.45, 2.75) is 6.42 Å². The standard InChI is InChI=1S/C19H21N5O2/c25-18-16-5-4-15(13-14(16)6-8-21-18)22-19(26)24-11-9-23(10-12-24)17-3-1-2-7-20-17/h1-5,7,13H,6,8-12H2,(H,21,25)(H,22,26). The molecule has 4 rings (SSSR count). The first-order valence-corrected chi connectivity index (χ1v) is 8.84. The Bertz CT molecular complexity index is 816. The molecule has 0 aliphatic carbocycles. The van der Waals surface area contributed by atoms with Gasteiger partial charge in [-0.3, -0.25) is 4.79 Å². The Balaban J connectivity index is 1.37. The van der Waals surface area contributed by atoms with Crippen LogP contribution in [0.5, 0.6) is 0 Å². The van der Waals surface area contributed by atoms with Crippen molar-refractivity contribution in [3.63, 3.8) is 0 Å². The van der Waals surface area contributed by atoms with E-state index in [1.54, 1.807) is 18.3 Å². The van der Waals surface area contributed by atoms with Gasteiger partial charge in [0.2, 0.25) is 0 Å². The van der Waals surface area contributed by atoms with Gasteiger partial charge in [0.05, 0.1) is 0 Å². The number of amides is 3. The van der Waals surface area contributed by atoms with Gasteiger partial charge in [-0.1, -0.05) is 6.07 Å². The van der Waals surface area contributed by atoms with E-state index in [0.717, 1.165) is 36.6 Å². The minimum absolute atomic E-state index is 0.0465. The average Bonchev–Trinajstić information content (AvgIpc) is 2.69. The number of nitrogens with one attached hydrogen (secondary N) is 2. The summed E-state index contributed by atoms with van der Waals surface area (Å²) in [5.74, 6) is 0.898. The fourth-order valence-electron chi connectivity index (χ4n) is 3.39. The molecule has 1 saturated heterocycles. The molecule has 3 amide bonds. The predicted molar refractivity (Wildman–Crippen MR) is 99.5 cm³/mol. The highest BCUT2D eigenvalue weighted by atomic mass is 16.2. The monoisotopic (exact) mass is 351 g/mol. The molecule has 2 N–H and O–H groups in total. The number of aromatic nitrogens is 1. The van der Waals surface area contributed by atoms with Gasteiger partial charge in [-0.2, -0.15) is 0 Å². The maximum Gasteiger partial charge on any atom is 0.321 e. The van der Waals surface area contributed by atoms with Gasteiger partial charge in [0, 0.05) is 50.2 Å². The van der Waals surface area contributed by atoms with E-state index in [1.807, 2.05) is 29.2 Å².